The van der Waals surface area contributed by atoms with E-state index in [4.69, 9.17) is 5.21 Å². The van der Waals surface area contributed by atoms with Crippen molar-refractivity contribution >= 4 is 18.0 Å². The summed E-state index contributed by atoms with van der Waals surface area (Å²) in [7, 11) is 0. The summed E-state index contributed by atoms with van der Waals surface area (Å²) in [4.78, 5) is 4.08. The van der Waals surface area contributed by atoms with Crippen LogP contribution in [-0.4, -0.2) is 31.9 Å². The van der Waals surface area contributed by atoms with E-state index in [-0.39, 0.29) is 0 Å². The van der Waals surface area contributed by atoms with E-state index in [1.54, 1.807) is 0 Å². The number of thioether (sulfide) groups is 1. The minimum absolute atomic E-state index is 0.406. The molecule has 0 unspecified atom stereocenters. The molecule has 0 atom stereocenters. The maximum absolute atomic E-state index is 8.27. The van der Waals surface area contributed by atoms with Crippen LogP contribution < -0.4 is 0 Å². The molecule has 1 rings (SSSR count). The highest BCUT2D eigenvalue weighted by atomic mass is 32.2. The molecule has 0 radical (unpaired) electrons. The first kappa shape index (κ1) is 9.91. The van der Waals surface area contributed by atoms with Gasteiger partial charge in [-0.2, -0.15) is 5.10 Å². The molecule has 0 aliphatic heterocycles. The standard InChI is InChI=1S/C7H10N4OS/c1-5(2)13-7-10-6(4-9-12)3-8-11-7/h3-5,12H,1-2H3/b9-4-. The van der Waals surface area contributed by atoms with Gasteiger partial charge < -0.3 is 5.21 Å². The van der Waals surface area contributed by atoms with Gasteiger partial charge in [0.1, 0.15) is 5.69 Å². The molecule has 0 spiro atoms. The largest absolute Gasteiger partial charge is 0.411 e. The Labute approximate surface area is 80.3 Å². The summed E-state index contributed by atoms with van der Waals surface area (Å²) in [6, 6.07) is 0. The van der Waals surface area contributed by atoms with Gasteiger partial charge in [0.25, 0.3) is 0 Å². The average molecular weight is 198 g/mol. The average Bonchev–Trinajstić information content (AvgIpc) is 2.04. The van der Waals surface area contributed by atoms with Crippen LogP contribution in [0.3, 0.4) is 0 Å². The number of nitrogens with zero attached hydrogens (tertiary/aromatic N) is 4. The lowest BCUT2D eigenvalue weighted by molar-refractivity contribution is 0.321. The van der Waals surface area contributed by atoms with E-state index in [9.17, 15) is 0 Å². The first-order valence-electron chi connectivity index (χ1n) is 3.76. The van der Waals surface area contributed by atoms with Crippen LogP contribution in [0.5, 0.6) is 0 Å². The Morgan fingerprint density at radius 2 is 2.38 bits per heavy atom. The molecule has 5 nitrogen and oxygen atoms in total. The molecule has 0 aliphatic rings. The summed E-state index contributed by atoms with van der Waals surface area (Å²) >= 11 is 1.51. The van der Waals surface area contributed by atoms with E-state index in [1.165, 1.54) is 24.2 Å². The number of aromatic nitrogens is 3. The first-order valence-corrected chi connectivity index (χ1v) is 4.64. The predicted octanol–water partition coefficient (Wildman–Crippen LogP) is 1.18. The van der Waals surface area contributed by atoms with Crippen molar-refractivity contribution in [3.63, 3.8) is 0 Å². The van der Waals surface area contributed by atoms with Crippen molar-refractivity contribution < 1.29 is 5.21 Å². The van der Waals surface area contributed by atoms with Crippen LogP contribution in [0.1, 0.15) is 19.5 Å². The van der Waals surface area contributed by atoms with E-state index in [2.05, 4.69) is 20.3 Å². The quantitative estimate of drug-likeness (QED) is 0.342. The van der Waals surface area contributed by atoms with Crippen LogP contribution in [0.4, 0.5) is 0 Å². The molecular formula is C7H10N4OS. The van der Waals surface area contributed by atoms with Gasteiger partial charge in [-0.1, -0.05) is 30.8 Å². The van der Waals surface area contributed by atoms with Crippen molar-refractivity contribution in [2.24, 2.45) is 5.16 Å². The summed E-state index contributed by atoms with van der Waals surface area (Å²) in [5, 5.41) is 19.7. The van der Waals surface area contributed by atoms with Crippen molar-refractivity contribution in [2.75, 3.05) is 0 Å². The van der Waals surface area contributed by atoms with E-state index in [0.717, 1.165) is 0 Å². The molecule has 0 aliphatic carbocycles. The third-order valence-corrected chi connectivity index (χ3v) is 1.94. The van der Waals surface area contributed by atoms with Crippen molar-refractivity contribution in [3.05, 3.63) is 11.9 Å². The molecule has 1 aromatic rings. The van der Waals surface area contributed by atoms with Crippen molar-refractivity contribution in [1.82, 2.24) is 15.2 Å². The minimum Gasteiger partial charge on any atom is -0.411 e. The van der Waals surface area contributed by atoms with E-state index in [1.807, 2.05) is 13.8 Å². The summed E-state index contributed by atoms with van der Waals surface area (Å²) in [6.07, 6.45) is 2.66. The molecule has 0 bridgehead atoms. The zero-order valence-corrected chi connectivity index (χ0v) is 8.19. The fraction of sp³-hybridized carbons (Fsp3) is 0.429. The maximum atomic E-state index is 8.27. The molecule has 1 heterocycles. The summed E-state index contributed by atoms with van der Waals surface area (Å²) in [5.74, 6) is 0. The first-order chi connectivity index (χ1) is 6.22. The summed E-state index contributed by atoms with van der Waals surface area (Å²) in [6.45, 7) is 4.08. The van der Waals surface area contributed by atoms with Crippen LogP contribution in [0.15, 0.2) is 16.5 Å². The second kappa shape index (κ2) is 4.76. The lowest BCUT2D eigenvalue weighted by atomic mass is 10.5. The van der Waals surface area contributed by atoms with Crippen LogP contribution in [0, 0.1) is 0 Å². The fourth-order valence-corrected chi connectivity index (χ4v) is 1.36. The van der Waals surface area contributed by atoms with Crippen LogP contribution in [0.2, 0.25) is 0 Å². The van der Waals surface area contributed by atoms with Gasteiger partial charge in [-0.05, 0) is 0 Å². The van der Waals surface area contributed by atoms with Gasteiger partial charge in [-0.3, -0.25) is 0 Å². The second-order valence-electron chi connectivity index (χ2n) is 2.57. The van der Waals surface area contributed by atoms with Crippen molar-refractivity contribution in [1.29, 1.82) is 0 Å². The zero-order valence-electron chi connectivity index (χ0n) is 7.38. The van der Waals surface area contributed by atoms with Gasteiger partial charge in [0.2, 0.25) is 5.16 Å². The second-order valence-corrected chi connectivity index (χ2v) is 4.12. The molecule has 1 aromatic heterocycles. The van der Waals surface area contributed by atoms with Gasteiger partial charge in [-0.15, -0.1) is 5.10 Å². The number of oxime groups is 1. The molecule has 0 amide bonds. The monoisotopic (exact) mass is 198 g/mol. The molecule has 6 heteroatoms. The lowest BCUT2D eigenvalue weighted by Crippen LogP contribution is -1.98. The molecule has 0 saturated carbocycles. The highest BCUT2D eigenvalue weighted by Crippen LogP contribution is 2.16. The Hall–Kier alpha value is -1.17. The van der Waals surface area contributed by atoms with Gasteiger partial charge >= 0.3 is 0 Å². The predicted molar refractivity (Wildman–Crippen MR) is 50.2 cm³/mol. The highest BCUT2D eigenvalue weighted by molar-refractivity contribution is 7.99. The van der Waals surface area contributed by atoms with Crippen molar-refractivity contribution in [3.8, 4) is 0 Å². The molecule has 1 N–H and O–H groups in total. The molecular weight excluding hydrogens is 188 g/mol. The topological polar surface area (TPSA) is 71.3 Å². The van der Waals surface area contributed by atoms with Gasteiger partial charge in [0, 0.05) is 5.25 Å². The SMILES string of the molecule is CC(C)Sc1nncc(/C=N\O)n1. The Kier molecular flexibility index (Phi) is 3.63. The van der Waals surface area contributed by atoms with Gasteiger partial charge in [0.05, 0.1) is 12.4 Å². The van der Waals surface area contributed by atoms with E-state index in [0.29, 0.717) is 16.1 Å². The third-order valence-electron chi connectivity index (χ3n) is 1.09. The summed E-state index contributed by atoms with van der Waals surface area (Å²) < 4.78 is 0. The molecule has 70 valence electrons. The maximum Gasteiger partial charge on any atom is 0.209 e. The van der Waals surface area contributed by atoms with Gasteiger partial charge in [-0.25, -0.2) is 4.98 Å². The Balaban J connectivity index is 2.79. The smallest absolute Gasteiger partial charge is 0.209 e. The minimum atomic E-state index is 0.406. The number of rotatable bonds is 3. The van der Waals surface area contributed by atoms with Crippen molar-refractivity contribution in [2.45, 2.75) is 24.3 Å². The third kappa shape index (κ3) is 3.37. The Morgan fingerprint density at radius 1 is 1.62 bits per heavy atom. The fourth-order valence-electron chi connectivity index (χ4n) is 0.681. The Morgan fingerprint density at radius 3 is 3.00 bits per heavy atom. The number of hydrogen-bond donors (Lipinski definition) is 1. The lowest BCUT2D eigenvalue weighted by Gasteiger charge is -2.01. The van der Waals surface area contributed by atoms with Crippen LogP contribution >= 0.6 is 11.8 Å². The van der Waals surface area contributed by atoms with Gasteiger partial charge in [0.15, 0.2) is 0 Å². The molecule has 0 saturated heterocycles. The zero-order chi connectivity index (χ0) is 9.68. The molecule has 0 fully saturated rings. The molecule has 13 heavy (non-hydrogen) atoms. The van der Waals surface area contributed by atoms with Crippen LogP contribution in [-0.2, 0) is 0 Å². The van der Waals surface area contributed by atoms with Crippen LogP contribution in [0.25, 0.3) is 0 Å². The highest BCUT2D eigenvalue weighted by Gasteiger charge is 2.02. The summed E-state index contributed by atoms with van der Waals surface area (Å²) in [5.41, 5.74) is 0.501. The van der Waals surface area contributed by atoms with E-state index < -0.39 is 0 Å². The normalized spacial score (nSPS) is 11.3. The van der Waals surface area contributed by atoms with E-state index >= 15 is 0 Å². The number of hydrogen-bond acceptors (Lipinski definition) is 6. The molecule has 0 aromatic carbocycles. The Bertz CT molecular complexity index is 302.